The average Bonchev–Trinajstić information content (AvgIpc) is 2.50. The van der Waals surface area contributed by atoms with Gasteiger partial charge in [0.25, 0.3) is 0 Å². The van der Waals surface area contributed by atoms with E-state index in [1.54, 1.807) is 42.3 Å². The smallest absolute Gasteiger partial charge is 0.302 e. The van der Waals surface area contributed by atoms with Crippen molar-refractivity contribution < 1.29 is 0 Å². The molecule has 0 saturated carbocycles. The Kier molecular flexibility index (Phi) is 2.60. The summed E-state index contributed by atoms with van der Waals surface area (Å²) in [4.78, 5) is 15.7. The Morgan fingerprint density at radius 3 is 2.87 bits per heavy atom. The third-order valence-electron chi connectivity index (χ3n) is 2.13. The van der Waals surface area contributed by atoms with Crippen LogP contribution >= 0.6 is 11.6 Å². The van der Waals surface area contributed by atoms with Gasteiger partial charge in [-0.1, -0.05) is 11.6 Å². The molecule has 2 heterocycles. The van der Waals surface area contributed by atoms with Crippen molar-refractivity contribution in [3.63, 3.8) is 0 Å². The van der Waals surface area contributed by atoms with E-state index in [2.05, 4.69) is 4.98 Å². The van der Waals surface area contributed by atoms with Gasteiger partial charge in [0.15, 0.2) is 0 Å². The zero-order valence-electron chi connectivity index (χ0n) is 8.22. The molecule has 0 bridgehead atoms. The van der Waals surface area contributed by atoms with E-state index in [1.807, 2.05) is 0 Å². The van der Waals surface area contributed by atoms with Crippen LogP contribution in [0.4, 0.5) is 0 Å². The van der Waals surface area contributed by atoms with Crippen LogP contribution in [0.1, 0.15) is 5.69 Å². The first-order chi connectivity index (χ1) is 7.16. The molecule has 15 heavy (non-hydrogen) atoms. The summed E-state index contributed by atoms with van der Waals surface area (Å²) < 4.78 is 3.10. The zero-order chi connectivity index (χ0) is 10.8. The van der Waals surface area contributed by atoms with Crippen LogP contribution in [0.15, 0.2) is 35.5 Å². The Morgan fingerprint density at radius 1 is 1.47 bits per heavy atom. The highest BCUT2D eigenvalue weighted by Gasteiger charge is 2.02. The minimum atomic E-state index is -0.0585. The molecule has 2 aromatic rings. The van der Waals surface area contributed by atoms with E-state index in [0.717, 1.165) is 5.69 Å². The van der Waals surface area contributed by atoms with Gasteiger partial charge in [-0.2, -0.15) is 0 Å². The Morgan fingerprint density at radius 2 is 2.27 bits per heavy atom. The normalized spacial score (nSPS) is 10.5. The maximum absolute atomic E-state index is 11.5. The number of nitrogens with zero attached hydrogens (tertiary/aromatic N) is 3. The number of rotatable bonds is 2. The van der Waals surface area contributed by atoms with Crippen molar-refractivity contribution in [2.45, 2.75) is 6.54 Å². The topological polar surface area (TPSA) is 39.8 Å². The first kappa shape index (κ1) is 9.98. The van der Waals surface area contributed by atoms with Crippen molar-refractivity contribution in [2.24, 2.45) is 7.05 Å². The molecule has 0 amide bonds. The fourth-order valence-electron chi connectivity index (χ4n) is 1.34. The predicted octanol–water partition coefficient (Wildman–Crippen LogP) is 1.28. The number of hydrogen-bond acceptors (Lipinski definition) is 2. The molecule has 5 heteroatoms. The van der Waals surface area contributed by atoms with E-state index in [4.69, 9.17) is 11.6 Å². The highest BCUT2D eigenvalue weighted by Crippen LogP contribution is 2.08. The van der Waals surface area contributed by atoms with Crippen molar-refractivity contribution in [1.29, 1.82) is 0 Å². The molecule has 0 fully saturated rings. The number of pyridine rings is 1. The van der Waals surface area contributed by atoms with Crippen molar-refractivity contribution in [1.82, 2.24) is 14.1 Å². The molecule has 2 aromatic heterocycles. The van der Waals surface area contributed by atoms with Gasteiger partial charge < -0.3 is 4.57 Å². The Balaban J connectivity index is 2.30. The molecule has 0 aliphatic rings. The first-order valence-electron chi connectivity index (χ1n) is 4.49. The number of aryl methyl sites for hydroxylation is 1. The summed E-state index contributed by atoms with van der Waals surface area (Å²) >= 11 is 5.82. The molecule has 0 atom stereocenters. The summed E-state index contributed by atoms with van der Waals surface area (Å²) in [6, 6.07) is 3.46. The van der Waals surface area contributed by atoms with Crippen molar-refractivity contribution in [3.05, 3.63) is 51.9 Å². The lowest BCUT2D eigenvalue weighted by molar-refractivity contribution is 0.705. The maximum Gasteiger partial charge on any atom is 0.328 e. The average molecular weight is 224 g/mol. The minimum Gasteiger partial charge on any atom is -0.302 e. The molecule has 78 valence electrons. The quantitative estimate of drug-likeness (QED) is 0.770. The largest absolute Gasteiger partial charge is 0.328 e. The highest BCUT2D eigenvalue weighted by atomic mass is 35.5. The van der Waals surface area contributed by atoms with E-state index in [1.165, 1.54) is 4.57 Å². The monoisotopic (exact) mass is 223 g/mol. The van der Waals surface area contributed by atoms with E-state index < -0.39 is 0 Å². The second kappa shape index (κ2) is 3.90. The lowest BCUT2D eigenvalue weighted by atomic mass is 10.3. The van der Waals surface area contributed by atoms with E-state index in [9.17, 15) is 4.79 Å². The van der Waals surface area contributed by atoms with Gasteiger partial charge in [-0.05, 0) is 12.1 Å². The lowest BCUT2D eigenvalue weighted by Gasteiger charge is -2.00. The third kappa shape index (κ3) is 2.10. The molecule has 0 unspecified atom stereocenters. The highest BCUT2D eigenvalue weighted by molar-refractivity contribution is 6.30. The summed E-state index contributed by atoms with van der Waals surface area (Å²) in [5.41, 5.74) is 0.715. The molecule has 0 radical (unpaired) electrons. The van der Waals surface area contributed by atoms with Crippen molar-refractivity contribution in [3.8, 4) is 0 Å². The molecule has 0 aliphatic carbocycles. The van der Waals surface area contributed by atoms with E-state index in [-0.39, 0.29) is 5.69 Å². The van der Waals surface area contributed by atoms with Gasteiger partial charge in [0, 0.05) is 30.7 Å². The molecular formula is C10H10ClN3O. The predicted molar refractivity (Wildman–Crippen MR) is 58.0 cm³/mol. The van der Waals surface area contributed by atoms with Crippen LogP contribution in [0.25, 0.3) is 0 Å². The first-order valence-corrected chi connectivity index (χ1v) is 4.87. The summed E-state index contributed by atoms with van der Waals surface area (Å²) in [7, 11) is 1.71. The van der Waals surface area contributed by atoms with Gasteiger partial charge in [-0.25, -0.2) is 4.79 Å². The van der Waals surface area contributed by atoms with Crippen molar-refractivity contribution in [2.75, 3.05) is 0 Å². The van der Waals surface area contributed by atoms with E-state index in [0.29, 0.717) is 11.6 Å². The van der Waals surface area contributed by atoms with Gasteiger partial charge in [-0.15, -0.1) is 0 Å². The van der Waals surface area contributed by atoms with Crippen LogP contribution in [0.3, 0.4) is 0 Å². The van der Waals surface area contributed by atoms with Gasteiger partial charge in [-0.3, -0.25) is 9.55 Å². The zero-order valence-corrected chi connectivity index (χ0v) is 8.98. The van der Waals surface area contributed by atoms with Crippen LogP contribution in [0.5, 0.6) is 0 Å². The van der Waals surface area contributed by atoms with Gasteiger partial charge in [0.1, 0.15) is 0 Å². The van der Waals surface area contributed by atoms with E-state index >= 15 is 0 Å². The van der Waals surface area contributed by atoms with Crippen LogP contribution in [-0.4, -0.2) is 14.1 Å². The van der Waals surface area contributed by atoms with Crippen molar-refractivity contribution >= 4 is 11.6 Å². The standard InChI is InChI=1S/C10H10ClN3O/c1-13-4-5-14(10(13)15)7-9-6-8(11)2-3-12-9/h2-6H,7H2,1H3. The number of imidazole rings is 1. The summed E-state index contributed by atoms with van der Waals surface area (Å²) in [6.07, 6.45) is 5.07. The van der Waals surface area contributed by atoms with Gasteiger partial charge in [0.05, 0.1) is 12.2 Å². The second-order valence-corrected chi connectivity index (χ2v) is 3.72. The summed E-state index contributed by atoms with van der Waals surface area (Å²) in [5.74, 6) is 0. The van der Waals surface area contributed by atoms with Crippen LogP contribution < -0.4 is 5.69 Å². The molecule has 0 spiro atoms. The molecular weight excluding hydrogens is 214 g/mol. The SMILES string of the molecule is Cn1ccn(Cc2cc(Cl)ccn2)c1=O. The fourth-order valence-corrected chi connectivity index (χ4v) is 1.52. The molecule has 0 aliphatic heterocycles. The lowest BCUT2D eigenvalue weighted by Crippen LogP contribution is -2.22. The molecule has 2 rings (SSSR count). The number of halogens is 1. The van der Waals surface area contributed by atoms with Gasteiger partial charge >= 0.3 is 5.69 Å². The van der Waals surface area contributed by atoms with Crippen LogP contribution in [-0.2, 0) is 13.6 Å². The van der Waals surface area contributed by atoms with Crippen LogP contribution in [0, 0.1) is 0 Å². The van der Waals surface area contributed by atoms with Crippen LogP contribution in [0.2, 0.25) is 5.02 Å². The summed E-state index contributed by atoms with van der Waals surface area (Å²) in [6.45, 7) is 0.445. The Hall–Kier alpha value is -1.55. The number of hydrogen-bond donors (Lipinski definition) is 0. The third-order valence-corrected chi connectivity index (χ3v) is 2.36. The Labute approximate surface area is 91.8 Å². The Bertz CT molecular complexity index is 529. The summed E-state index contributed by atoms with van der Waals surface area (Å²) in [5, 5.41) is 0.629. The molecule has 4 nitrogen and oxygen atoms in total. The minimum absolute atomic E-state index is 0.0585. The fraction of sp³-hybridized carbons (Fsp3) is 0.200. The maximum atomic E-state index is 11.5. The van der Waals surface area contributed by atoms with Gasteiger partial charge in [0.2, 0.25) is 0 Å². The molecule has 0 aromatic carbocycles. The molecule has 0 N–H and O–H groups in total. The number of aromatic nitrogens is 3. The second-order valence-electron chi connectivity index (χ2n) is 3.28. The molecule has 0 saturated heterocycles.